The number of benzene rings is 1. The Hall–Kier alpha value is -2.25. The number of nitrogens with zero attached hydrogens (tertiary/aromatic N) is 1. The quantitative estimate of drug-likeness (QED) is 0.859. The molecule has 0 saturated heterocycles. The predicted molar refractivity (Wildman–Crippen MR) is 81.9 cm³/mol. The minimum atomic E-state index is -1.64. The summed E-state index contributed by atoms with van der Waals surface area (Å²) in [5.41, 5.74) is 0.510. The lowest BCUT2D eigenvalue weighted by Gasteiger charge is -2.29. The third-order valence-electron chi connectivity index (χ3n) is 3.35. The van der Waals surface area contributed by atoms with Crippen LogP contribution in [0.2, 0.25) is 10.0 Å². The fourth-order valence-electron chi connectivity index (χ4n) is 2.33. The van der Waals surface area contributed by atoms with Crippen molar-refractivity contribution >= 4 is 46.7 Å². The van der Waals surface area contributed by atoms with Gasteiger partial charge < -0.3 is 14.9 Å². The van der Waals surface area contributed by atoms with E-state index >= 15 is 0 Å². The van der Waals surface area contributed by atoms with Gasteiger partial charge in [-0.15, -0.1) is 0 Å². The van der Waals surface area contributed by atoms with Crippen LogP contribution in [0.25, 0.3) is 5.57 Å². The third-order valence-corrected chi connectivity index (χ3v) is 4.15. The van der Waals surface area contributed by atoms with E-state index in [-0.39, 0.29) is 32.5 Å². The van der Waals surface area contributed by atoms with Crippen LogP contribution in [0.5, 0.6) is 5.75 Å². The highest BCUT2D eigenvalue weighted by Gasteiger charge is 2.39. The molecule has 1 aromatic rings. The first-order valence-electron chi connectivity index (χ1n) is 6.29. The van der Waals surface area contributed by atoms with Gasteiger partial charge in [0.25, 0.3) is 5.91 Å². The Kier molecular flexibility index (Phi) is 4.82. The second-order valence-corrected chi connectivity index (χ2v) is 5.44. The van der Waals surface area contributed by atoms with Crippen molar-refractivity contribution in [3.63, 3.8) is 0 Å². The summed E-state index contributed by atoms with van der Waals surface area (Å²) in [5, 5.41) is 18.5. The Labute approximate surface area is 140 Å². The van der Waals surface area contributed by atoms with Gasteiger partial charge in [0.15, 0.2) is 0 Å². The van der Waals surface area contributed by atoms with E-state index in [9.17, 15) is 19.5 Å². The molecule has 0 fully saturated rings. The van der Waals surface area contributed by atoms with Crippen molar-refractivity contribution in [1.82, 2.24) is 4.90 Å². The summed E-state index contributed by atoms with van der Waals surface area (Å²) < 4.78 is 5.17. The van der Waals surface area contributed by atoms with Crippen molar-refractivity contribution in [1.29, 1.82) is 0 Å². The van der Waals surface area contributed by atoms with Crippen LogP contribution in [0.15, 0.2) is 18.2 Å². The second kappa shape index (κ2) is 6.47. The molecule has 1 atom stereocenters. The maximum absolute atomic E-state index is 12.0. The first kappa shape index (κ1) is 17.1. The van der Waals surface area contributed by atoms with Gasteiger partial charge in [-0.05, 0) is 17.7 Å². The fourth-order valence-corrected chi connectivity index (χ4v) is 2.77. The highest BCUT2D eigenvalue weighted by Crippen LogP contribution is 2.41. The maximum Gasteiger partial charge on any atom is 0.415 e. The number of amides is 2. The highest BCUT2D eigenvalue weighted by molar-refractivity contribution is 6.43. The zero-order chi connectivity index (χ0) is 17.3. The van der Waals surface area contributed by atoms with E-state index in [0.29, 0.717) is 5.75 Å². The van der Waals surface area contributed by atoms with Crippen LogP contribution in [0.4, 0.5) is 4.79 Å². The number of carboxylic acids is 1. The summed E-state index contributed by atoms with van der Waals surface area (Å²) in [6.45, 7) is 0. The first-order valence-corrected chi connectivity index (χ1v) is 7.05. The average molecular weight is 360 g/mol. The number of carbonyl (C=O) groups excluding carboxylic acids is 1. The van der Waals surface area contributed by atoms with Crippen LogP contribution in [-0.4, -0.2) is 46.2 Å². The second-order valence-electron chi connectivity index (χ2n) is 4.66. The van der Waals surface area contributed by atoms with Gasteiger partial charge in [0, 0.05) is 18.1 Å². The van der Waals surface area contributed by atoms with Crippen LogP contribution in [0.3, 0.4) is 0 Å². The van der Waals surface area contributed by atoms with Crippen molar-refractivity contribution in [2.45, 2.75) is 12.5 Å². The van der Waals surface area contributed by atoms with Gasteiger partial charge in [-0.3, -0.25) is 4.79 Å². The monoisotopic (exact) mass is 359 g/mol. The number of ether oxygens (including phenoxy) is 1. The molecule has 9 heteroatoms. The molecule has 0 bridgehead atoms. The lowest BCUT2D eigenvalue weighted by molar-refractivity contribution is -0.147. The number of carbonyl (C=O) groups is 3. The normalized spacial score (nSPS) is 17.7. The minimum Gasteiger partial charge on any atom is -0.496 e. The number of carboxylic acid groups (broad SMARTS) is 2. The molecular formula is C14H11Cl2NO6. The first-order chi connectivity index (χ1) is 10.8. The Morgan fingerprint density at radius 2 is 1.96 bits per heavy atom. The molecule has 0 aliphatic carbocycles. The number of rotatable bonds is 3. The van der Waals surface area contributed by atoms with Crippen molar-refractivity contribution in [2.24, 2.45) is 0 Å². The van der Waals surface area contributed by atoms with Gasteiger partial charge in [-0.2, -0.15) is 0 Å². The maximum atomic E-state index is 12.0. The SMILES string of the molecule is COc1ccc(Cl)c(Cl)c1C1=CC(=O)N(C(=O)O)C(C(=O)O)C1. The van der Waals surface area contributed by atoms with E-state index in [2.05, 4.69) is 0 Å². The molecule has 23 heavy (non-hydrogen) atoms. The largest absolute Gasteiger partial charge is 0.496 e. The molecule has 0 saturated carbocycles. The minimum absolute atomic E-state index is 0.0954. The molecule has 1 unspecified atom stereocenters. The van der Waals surface area contributed by atoms with E-state index in [0.717, 1.165) is 6.08 Å². The fraction of sp³-hybridized carbons (Fsp3) is 0.214. The van der Waals surface area contributed by atoms with E-state index in [1.807, 2.05) is 0 Å². The lowest BCUT2D eigenvalue weighted by atomic mass is 9.93. The zero-order valence-corrected chi connectivity index (χ0v) is 13.3. The summed E-state index contributed by atoms with van der Waals surface area (Å²) in [7, 11) is 1.38. The Bertz CT molecular complexity index is 730. The number of methoxy groups -OCH3 is 1. The molecular weight excluding hydrogens is 349 g/mol. The van der Waals surface area contributed by atoms with Gasteiger partial charge in [0.1, 0.15) is 11.8 Å². The Morgan fingerprint density at radius 3 is 2.48 bits per heavy atom. The van der Waals surface area contributed by atoms with E-state index in [4.69, 9.17) is 33.0 Å². The van der Waals surface area contributed by atoms with E-state index in [1.165, 1.54) is 19.2 Å². The summed E-state index contributed by atoms with van der Waals surface area (Å²) >= 11 is 12.1. The van der Waals surface area contributed by atoms with E-state index < -0.39 is 24.0 Å². The molecule has 2 amide bonds. The number of aliphatic carboxylic acids is 1. The smallest absolute Gasteiger partial charge is 0.415 e. The van der Waals surface area contributed by atoms with Crippen LogP contribution in [0, 0.1) is 0 Å². The summed E-state index contributed by atoms with van der Waals surface area (Å²) in [6.07, 6.45) is -0.862. The molecule has 1 heterocycles. The van der Waals surface area contributed by atoms with Crippen LogP contribution in [-0.2, 0) is 9.59 Å². The number of hydrogen-bond acceptors (Lipinski definition) is 4. The molecule has 2 N–H and O–H groups in total. The van der Waals surface area contributed by atoms with E-state index in [1.54, 1.807) is 0 Å². The lowest BCUT2D eigenvalue weighted by Crippen LogP contribution is -2.49. The van der Waals surface area contributed by atoms with Crippen LogP contribution >= 0.6 is 23.2 Å². The molecule has 1 aliphatic rings. The highest BCUT2D eigenvalue weighted by atomic mass is 35.5. The molecule has 0 spiro atoms. The summed E-state index contributed by atoms with van der Waals surface area (Å²) in [6, 6.07) is 1.46. The van der Waals surface area contributed by atoms with Crippen molar-refractivity contribution in [3.05, 3.63) is 33.8 Å². The molecule has 122 valence electrons. The molecule has 2 rings (SSSR count). The molecule has 0 aromatic heterocycles. The molecule has 1 aromatic carbocycles. The Morgan fingerprint density at radius 1 is 1.30 bits per heavy atom. The number of imide groups is 1. The van der Waals surface area contributed by atoms with Crippen molar-refractivity contribution < 1.29 is 29.3 Å². The molecule has 1 aliphatic heterocycles. The average Bonchev–Trinajstić information content (AvgIpc) is 2.48. The molecule has 0 radical (unpaired) electrons. The van der Waals surface area contributed by atoms with Gasteiger partial charge >= 0.3 is 12.1 Å². The van der Waals surface area contributed by atoms with Crippen LogP contribution in [0.1, 0.15) is 12.0 Å². The standard InChI is InChI=1S/C14H11Cl2NO6/c1-23-9-3-2-7(15)12(16)11(9)6-4-8(13(19)20)17(14(21)22)10(18)5-6/h2-3,5,8H,4H2,1H3,(H,19,20)(H,21,22). The van der Waals surface area contributed by atoms with Crippen molar-refractivity contribution in [3.8, 4) is 5.75 Å². The van der Waals surface area contributed by atoms with Gasteiger partial charge in [-0.25, -0.2) is 14.5 Å². The number of halogens is 2. The summed E-state index contributed by atoms with van der Waals surface area (Å²) in [5.74, 6) is -2.11. The summed E-state index contributed by atoms with van der Waals surface area (Å²) in [4.78, 5) is 34.7. The van der Waals surface area contributed by atoms with Gasteiger partial charge in [0.05, 0.1) is 17.2 Å². The topological polar surface area (TPSA) is 104 Å². The predicted octanol–water partition coefficient (Wildman–Crippen LogP) is 2.75. The van der Waals surface area contributed by atoms with Crippen LogP contribution < -0.4 is 4.74 Å². The van der Waals surface area contributed by atoms with Gasteiger partial charge in [0.2, 0.25) is 0 Å². The third kappa shape index (κ3) is 3.11. The molecule has 7 nitrogen and oxygen atoms in total. The van der Waals surface area contributed by atoms with Gasteiger partial charge in [-0.1, -0.05) is 23.2 Å². The number of hydrogen-bond donors (Lipinski definition) is 2. The zero-order valence-electron chi connectivity index (χ0n) is 11.7. The van der Waals surface area contributed by atoms with Crippen molar-refractivity contribution in [2.75, 3.05) is 7.11 Å². The Balaban J connectivity index is 2.60.